The zero-order valence-corrected chi connectivity index (χ0v) is 10.4. The summed E-state index contributed by atoms with van der Waals surface area (Å²) < 4.78 is 34.4. The van der Waals surface area contributed by atoms with E-state index in [0.717, 1.165) is 11.2 Å². The molecule has 2 N–H and O–H groups in total. The van der Waals surface area contributed by atoms with Crippen molar-refractivity contribution in [2.75, 3.05) is 17.2 Å². The highest BCUT2D eigenvalue weighted by Gasteiger charge is 2.40. The van der Waals surface area contributed by atoms with Gasteiger partial charge in [-0.25, -0.2) is 9.97 Å². The minimum absolute atomic E-state index is 0.00819. The van der Waals surface area contributed by atoms with E-state index in [9.17, 15) is 17.1 Å². The molecule has 0 spiro atoms. The number of nitrogens with two attached hydrogens (primary N) is 1. The van der Waals surface area contributed by atoms with E-state index in [1.54, 1.807) is 0 Å². The molecule has 1 saturated heterocycles. The fraction of sp³-hybridized carbons (Fsp3) is 0.375. The molecule has 1 aliphatic rings. The van der Waals surface area contributed by atoms with Gasteiger partial charge in [0.05, 0.1) is 0 Å². The largest absolute Gasteiger partial charge is 0.393 e. The van der Waals surface area contributed by atoms with Gasteiger partial charge in [-0.3, -0.25) is 9.69 Å². The van der Waals surface area contributed by atoms with E-state index >= 15 is 0 Å². The lowest BCUT2D eigenvalue weighted by atomic mass is 10.4. The number of amides is 1. The van der Waals surface area contributed by atoms with Gasteiger partial charge in [0.15, 0.2) is 11.0 Å². The molecule has 1 aromatic heterocycles. The van der Waals surface area contributed by atoms with E-state index in [-0.39, 0.29) is 23.2 Å². The Morgan fingerprint density at radius 1 is 1.50 bits per heavy atom. The minimum atomic E-state index is -4.78. The highest BCUT2D eigenvalue weighted by molar-refractivity contribution is 7.87. The molecule has 1 aromatic rings. The summed E-state index contributed by atoms with van der Waals surface area (Å²) in [6.07, 6.45) is 0.637. The minimum Gasteiger partial charge on any atom is -0.393 e. The van der Waals surface area contributed by atoms with Crippen LogP contribution in [0.4, 0.5) is 15.4 Å². The number of anilines is 2. The number of nitrogens with zero attached hydrogens (tertiary/aromatic N) is 3. The summed E-state index contributed by atoms with van der Waals surface area (Å²) in [6, 6.07) is 0. The maximum atomic E-state index is 12.8. The number of rotatable bonds is 2. The van der Waals surface area contributed by atoms with Gasteiger partial charge in [0.1, 0.15) is 17.3 Å². The highest BCUT2D eigenvalue weighted by atomic mass is 35.5. The Balaban J connectivity index is 2.36. The number of aromatic nitrogens is 2. The van der Waals surface area contributed by atoms with E-state index < -0.39 is 27.8 Å². The van der Waals surface area contributed by atoms with Gasteiger partial charge in [0.25, 0.3) is 0 Å². The topological polar surface area (TPSA) is 106 Å². The van der Waals surface area contributed by atoms with Crippen molar-refractivity contribution in [3.05, 3.63) is 11.5 Å². The molecule has 0 bridgehead atoms. The number of carbonyl (C=O) groups is 1. The lowest BCUT2D eigenvalue weighted by molar-refractivity contribution is -0.117. The molecule has 7 nitrogen and oxygen atoms in total. The van der Waals surface area contributed by atoms with Crippen LogP contribution in [-0.4, -0.2) is 36.1 Å². The molecule has 1 fully saturated rings. The van der Waals surface area contributed by atoms with E-state index in [4.69, 9.17) is 17.3 Å². The zero-order chi connectivity index (χ0) is 13.5. The quantitative estimate of drug-likeness (QED) is 0.613. The molecule has 1 atom stereocenters. The molecule has 1 unspecified atom stereocenters. The number of hydrogen-bond acceptors (Lipinski definition) is 6. The third-order valence-corrected chi connectivity index (χ3v) is 3.97. The van der Waals surface area contributed by atoms with Gasteiger partial charge >= 0.3 is 10.2 Å². The van der Waals surface area contributed by atoms with Gasteiger partial charge in [-0.05, 0) is 0 Å². The molecule has 1 aliphatic heterocycles. The Kier molecular flexibility index (Phi) is 3.11. The lowest BCUT2D eigenvalue weighted by Crippen LogP contribution is -2.28. The molecule has 2 rings (SSSR count). The molecule has 0 aliphatic carbocycles. The average molecular weight is 295 g/mol. The predicted molar refractivity (Wildman–Crippen MR) is 62.2 cm³/mol. The molecule has 0 aromatic carbocycles. The van der Waals surface area contributed by atoms with Crippen molar-refractivity contribution >= 4 is 39.2 Å². The summed E-state index contributed by atoms with van der Waals surface area (Å²) in [5, 5.41) is -1.46. The Morgan fingerprint density at radius 3 is 2.72 bits per heavy atom. The molecule has 1 amide bonds. The van der Waals surface area contributed by atoms with Crippen LogP contribution in [0, 0.1) is 0 Å². The van der Waals surface area contributed by atoms with E-state index in [2.05, 4.69) is 9.97 Å². The summed E-state index contributed by atoms with van der Waals surface area (Å²) in [5.41, 5.74) is 5.53. The second-order valence-electron chi connectivity index (χ2n) is 3.71. The van der Waals surface area contributed by atoms with Crippen LogP contribution in [0.2, 0.25) is 5.15 Å². The van der Waals surface area contributed by atoms with Crippen molar-refractivity contribution in [2.24, 2.45) is 0 Å². The van der Waals surface area contributed by atoms with Gasteiger partial charge in [-0.2, -0.15) is 8.42 Å². The summed E-state index contributed by atoms with van der Waals surface area (Å²) >= 11 is 5.66. The third-order valence-electron chi connectivity index (χ3n) is 2.56. The van der Waals surface area contributed by atoms with Crippen molar-refractivity contribution in [2.45, 2.75) is 11.7 Å². The van der Waals surface area contributed by atoms with Crippen LogP contribution < -0.4 is 10.6 Å². The first-order valence-corrected chi connectivity index (χ1v) is 6.63. The lowest BCUT2D eigenvalue weighted by Gasteiger charge is -2.16. The first kappa shape index (κ1) is 13.0. The van der Waals surface area contributed by atoms with Gasteiger partial charge in [0.2, 0.25) is 5.91 Å². The molecule has 0 saturated carbocycles. The van der Waals surface area contributed by atoms with Crippen molar-refractivity contribution < 1.29 is 17.1 Å². The monoisotopic (exact) mass is 294 g/mol. The fourth-order valence-corrected chi connectivity index (χ4v) is 2.45. The van der Waals surface area contributed by atoms with Crippen molar-refractivity contribution in [3.63, 3.8) is 0 Å². The number of carbonyl (C=O) groups excluding carboxylic acids is 1. The SMILES string of the molecule is Nc1c(Cl)ncnc1N1CC(S(=O)(=O)F)CC1=O. The van der Waals surface area contributed by atoms with Gasteiger partial charge in [0, 0.05) is 13.0 Å². The van der Waals surface area contributed by atoms with Crippen LogP contribution in [0.3, 0.4) is 0 Å². The molecule has 98 valence electrons. The van der Waals surface area contributed by atoms with Crippen molar-refractivity contribution in [1.29, 1.82) is 0 Å². The standard InChI is InChI=1S/C8H8ClFN4O3S/c9-7-6(11)8(13-3-12-7)14-2-4(1-5(14)15)18(10,16)17/h3-4H,1-2,11H2. The average Bonchev–Trinajstić information content (AvgIpc) is 2.64. The van der Waals surface area contributed by atoms with E-state index in [1.165, 1.54) is 0 Å². The van der Waals surface area contributed by atoms with Crippen LogP contribution >= 0.6 is 11.6 Å². The smallest absolute Gasteiger partial charge is 0.307 e. The molecule has 18 heavy (non-hydrogen) atoms. The first-order valence-electron chi connectivity index (χ1n) is 4.80. The normalized spacial score (nSPS) is 20.4. The van der Waals surface area contributed by atoms with E-state index in [1.807, 2.05) is 0 Å². The van der Waals surface area contributed by atoms with Gasteiger partial charge in [-0.1, -0.05) is 11.6 Å². The fourth-order valence-electron chi connectivity index (χ4n) is 1.65. The first-order chi connectivity index (χ1) is 8.30. The highest BCUT2D eigenvalue weighted by Crippen LogP contribution is 2.30. The van der Waals surface area contributed by atoms with Gasteiger partial charge < -0.3 is 5.73 Å². The van der Waals surface area contributed by atoms with Crippen LogP contribution in [0.15, 0.2) is 6.33 Å². The summed E-state index contributed by atoms with van der Waals surface area (Å²) in [4.78, 5) is 20.0. The third kappa shape index (κ3) is 2.23. The predicted octanol–water partition coefficient (Wildman–Crippen LogP) is 0.117. The molecular weight excluding hydrogens is 287 g/mol. The Morgan fingerprint density at radius 2 is 2.17 bits per heavy atom. The number of nitrogen functional groups attached to an aromatic ring is 1. The zero-order valence-electron chi connectivity index (χ0n) is 8.88. The molecular formula is C8H8ClFN4O3S. The van der Waals surface area contributed by atoms with Crippen LogP contribution in [-0.2, 0) is 15.0 Å². The summed E-state index contributed by atoms with van der Waals surface area (Å²) in [7, 11) is -4.78. The van der Waals surface area contributed by atoms with Crippen LogP contribution in [0.25, 0.3) is 0 Å². The van der Waals surface area contributed by atoms with Crippen molar-refractivity contribution in [1.82, 2.24) is 9.97 Å². The summed E-state index contributed by atoms with van der Waals surface area (Å²) in [5.74, 6) is -0.589. The Hall–Kier alpha value is -1.48. The number of hydrogen-bond donors (Lipinski definition) is 1. The second kappa shape index (κ2) is 4.32. The second-order valence-corrected chi connectivity index (χ2v) is 5.68. The Bertz CT molecular complexity index is 608. The van der Waals surface area contributed by atoms with Crippen LogP contribution in [0.1, 0.15) is 6.42 Å². The van der Waals surface area contributed by atoms with Gasteiger partial charge in [-0.15, -0.1) is 3.89 Å². The summed E-state index contributed by atoms with van der Waals surface area (Å²) in [6.45, 7) is -0.338. The Labute approximate surface area is 107 Å². The molecule has 0 radical (unpaired) electrons. The molecule has 10 heteroatoms. The van der Waals surface area contributed by atoms with E-state index in [0.29, 0.717) is 0 Å². The van der Waals surface area contributed by atoms with Crippen LogP contribution in [0.5, 0.6) is 0 Å². The van der Waals surface area contributed by atoms with Crippen molar-refractivity contribution in [3.8, 4) is 0 Å². The maximum Gasteiger partial charge on any atom is 0.307 e. The maximum absolute atomic E-state index is 12.8. The number of halogens is 2. The molecule has 2 heterocycles.